The summed E-state index contributed by atoms with van der Waals surface area (Å²) in [5.41, 5.74) is 6.67. The third kappa shape index (κ3) is 4.02. The molecular weight excluding hydrogens is 276 g/mol. The number of hydrogen-bond acceptors (Lipinski definition) is 4. The van der Waals surface area contributed by atoms with Crippen LogP contribution in [0.5, 0.6) is 0 Å². The first kappa shape index (κ1) is 15.4. The summed E-state index contributed by atoms with van der Waals surface area (Å²) in [4.78, 5) is 0.277. The van der Waals surface area contributed by atoms with Crippen molar-refractivity contribution in [2.45, 2.75) is 30.7 Å². The minimum absolute atomic E-state index is 0.0981. The third-order valence-electron chi connectivity index (χ3n) is 3.53. The zero-order valence-electron chi connectivity index (χ0n) is 11.7. The SMILES string of the molecule is CC(N)c1ccc(S(=O)(=O)NCC2CCCOC2)cc1. The fourth-order valence-electron chi connectivity index (χ4n) is 2.23. The van der Waals surface area contributed by atoms with Crippen molar-refractivity contribution in [1.82, 2.24) is 4.72 Å². The largest absolute Gasteiger partial charge is 0.381 e. The molecule has 6 heteroatoms. The van der Waals surface area contributed by atoms with Gasteiger partial charge in [0.05, 0.1) is 11.5 Å². The van der Waals surface area contributed by atoms with E-state index in [1.807, 2.05) is 6.92 Å². The van der Waals surface area contributed by atoms with E-state index in [0.29, 0.717) is 13.2 Å². The highest BCUT2D eigenvalue weighted by Crippen LogP contribution is 2.16. The number of sulfonamides is 1. The van der Waals surface area contributed by atoms with Crippen LogP contribution in [-0.2, 0) is 14.8 Å². The standard InChI is InChI=1S/C14H22N2O3S/c1-11(15)13-4-6-14(7-5-13)20(17,18)16-9-12-3-2-8-19-10-12/h4-7,11-12,16H,2-3,8-10,15H2,1H3. The molecule has 20 heavy (non-hydrogen) atoms. The average molecular weight is 298 g/mol. The number of hydrogen-bond donors (Lipinski definition) is 2. The molecule has 0 aromatic heterocycles. The second-order valence-corrected chi connectivity index (χ2v) is 7.06. The summed E-state index contributed by atoms with van der Waals surface area (Å²) in [5, 5.41) is 0. The number of nitrogens with two attached hydrogens (primary N) is 1. The highest BCUT2D eigenvalue weighted by Gasteiger charge is 2.19. The third-order valence-corrected chi connectivity index (χ3v) is 4.97. The Bertz CT molecular complexity index is 520. The first-order chi connectivity index (χ1) is 9.49. The Kier molecular flexibility index (Phi) is 5.15. The van der Waals surface area contributed by atoms with Gasteiger partial charge in [0, 0.05) is 19.2 Å². The maximum atomic E-state index is 12.2. The minimum atomic E-state index is -3.45. The van der Waals surface area contributed by atoms with Crippen molar-refractivity contribution in [1.29, 1.82) is 0 Å². The van der Waals surface area contributed by atoms with Crippen LogP contribution in [-0.4, -0.2) is 28.2 Å². The predicted molar refractivity (Wildman–Crippen MR) is 77.8 cm³/mol. The van der Waals surface area contributed by atoms with E-state index in [9.17, 15) is 8.42 Å². The van der Waals surface area contributed by atoms with E-state index < -0.39 is 10.0 Å². The smallest absolute Gasteiger partial charge is 0.240 e. The van der Waals surface area contributed by atoms with Crippen molar-refractivity contribution < 1.29 is 13.2 Å². The molecule has 0 aliphatic carbocycles. The van der Waals surface area contributed by atoms with Crippen LogP contribution in [0.15, 0.2) is 29.2 Å². The van der Waals surface area contributed by atoms with Crippen LogP contribution in [0, 0.1) is 5.92 Å². The lowest BCUT2D eigenvalue weighted by Crippen LogP contribution is -2.33. The van der Waals surface area contributed by atoms with Gasteiger partial charge in [-0.25, -0.2) is 13.1 Å². The van der Waals surface area contributed by atoms with Gasteiger partial charge in [-0.2, -0.15) is 0 Å². The van der Waals surface area contributed by atoms with Crippen molar-refractivity contribution in [2.24, 2.45) is 11.7 Å². The molecule has 0 spiro atoms. The molecule has 2 unspecified atom stereocenters. The monoisotopic (exact) mass is 298 g/mol. The van der Waals surface area contributed by atoms with Crippen LogP contribution >= 0.6 is 0 Å². The van der Waals surface area contributed by atoms with Gasteiger partial charge in [0.15, 0.2) is 0 Å². The quantitative estimate of drug-likeness (QED) is 0.861. The Morgan fingerprint density at radius 2 is 2.10 bits per heavy atom. The van der Waals surface area contributed by atoms with E-state index in [0.717, 1.165) is 25.0 Å². The molecule has 5 nitrogen and oxygen atoms in total. The Balaban J connectivity index is 1.98. The average Bonchev–Trinajstić information content (AvgIpc) is 2.46. The molecule has 1 saturated heterocycles. The Hall–Kier alpha value is -0.950. The summed E-state index contributed by atoms with van der Waals surface area (Å²) < 4.78 is 32.3. The van der Waals surface area contributed by atoms with Crippen LogP contribution < -0.4 is 10.5 Å². The fourth-order valence-corrected chi connectivity index (χ4v) is 3.35. The molecular formula is C14H22N2O3S. The van der Waals surface area contributed by atoms with Crippen LogP contribution in [0.4, 0.5) is 0 Å². The van der Waals surface area contributed by atoms with E-state index >= 15 is 0 Å². The number of rotatable bonds is 5. The van der Waals surface area contributed by atoms with E-state index in [-0.39, 0.29) is 16.9 Å². The molecule has 1 aromatic rings. The fraction of sp³-hybridized carbons (Fsp3) is 0.571. The lowest BCUT2D eigenvalue weighted by atomic mass is 10.0. The summed E-state index contributed by atoms with van der Waals surface area (Å²) in [6, 6.07) is 6.60. The lowest BCUT2D eigenvalue weighted by molar-refractivity contribution is 0.0568. The second kappa shape index (κ2) is 6.67. The molecule has 1 heterocycles. The van der Waals surface area contributed by atoms with Gasteiger partial charge in [-0.3, -0.25) is 0 Å². The Morgan fingerprint density at radius 3 is 2.65 bits per heavy atom. The van der Waals surface area contributed by atoms with E-state index in [1.165, 1.54) is 0 Å². The van der Waals surface area contributed by atoms with Crippen molar-refractivity contribution in [3.05, 3.63) is 29.8 Å². The Labute approximate surface area is 120 Å². The molecule has 1 aromatic carbocycles. The topological polar surface area (TPSA) is 81.4 Å². The van der Waals surface area contributed by atoms with Crippen LogP contribution in [0.1, 0.15) is 31.4 Å². The van der Waals surface area contributed by atoms with E-state index in [1.54, 1.807) is 24.3 Å². The number of ether oxygens (including phenoxy) is 1. The van der Waals surface area contributed by atoms with Gasteiger partial charge < -0.3 is 10.5 Å². The van der Waals surface area contributed by atoms with Gasteiger partial charge in [-0.15, -0.1) is 0 Å². The molecule has 112 valence electrons. The maximum Gasteiger partial charge on any atom is 0.240 e. The summed E-state index contributed by atoms with van der Waals surface area (Å²) >= 11 is 0. The van der Waals surface area contributed by atoms with Gasteiger partial charge >= 0.3 is 0 Å². The molecule has 1 aliphatic rings. The maximum absolute atomic E-state index is 12.2. The summed E-state index contributed by atoms with van der Waals surface area (Å²) in [5.74, 6) is 0.266. The highest BCUT2D eigenvalue weighted by atomic mass is 32.2. The van der Waals surface area contributed by atoms with Gasteiger partial charge in [0.1, 0.15) is 0 Å². The minimum Gasteiger partial charge on any atom is -0.381 e. The van der Waals surface area contributed by atoms with E-state index in [4.69, 9.17) is 10.5 Å². The molecule has 0 saturated carbocycles. The second-order valence-electron chi connectivity index (χ2n) is 5.29. The van der Waals surface area contributed by atoms with Gasteiger partial charge in [0.2, 0.25) is 10.0 Å². The molecule has 1 fully saturated rings. The highest BCUT2D eigenvalue weighted by molar-refractivity contribution is 7.89. The van der Waals surface area contributed by atoms with Crippen molar-refractivity contribution >= 4 is 10.0 Å². The van der Waals surface area contributed by atoms with Gasteiger partial charge in [-0.1, -0.05) is 12.1 Å². The number of nitrogens with one attached hydrogen (secondary N) is 1. The van der Waals surface area contributed by atoms with Gasteiger partial charge in [0.25, 0.3) is 0 Å². The molecule has 0 amide bonds. The van der Waals surface area contributed by atoms with Crippen molar-refractivity contribution in [2.75, 3.05) is 19.8 Å². The molecule has 2 atom stereocenters. The van der Waals surface area contributed by atoms with Crippen molar-refractivity contribution in [3.63, 3.8) is 0 Å². The molecule has 1 aliphatic heterocycles. The normalized spacial score (nSPS) is 21.6. The van der Waals surface area contributed by atoms with Crippen LogP contribution in [0.2, 0.25) is 0 Å². The zero-order valence-corrected chi connectivity index (χ0v) is 12.5. The number of benzene rings is 1. The Morgan fingerprint density at radius 1 is 1.40 bits per heavy atom. The molecule has 0 bridgehead atoms. The van der Waals surface area contributed by atoms with Crippen molar-refractivity contribution in [3.8, 4) is 0 Å². The summed E-state index contributed by atoms with van der Waals surface area (Å²) in [6.07, 6.45) is 2.00. The summed E-state index contributed by atoms with van der Waals surface area (Å²) in [6.45, 7) is 3.70. The van der Waals surface area contributed by atoms with Crippen LogP contribution in [0.25, 0.3) is 0 Å². The molecule has 3 N–H and O–H groups in total. The lowest BCUT2D eigenvalue weighted by Gasteiger charge is -2.22. The molecule has 0 radical (unpaired) electrons. The summed E-state index contributed by atoms with van der Waals surface area (Å²) in [7, 11) is -3.45. The predicted octanol–water partition coefficient (Wildman–Crippen LogP) is 1.41. The molecule has 2 rings (SSSR count). The zero-order chi connectivity index (χ0) is 14.6. The van der Waals surface area contributed by atoms with E-state index in [2.05, 4.69) is 4.72 Å². The van der Waals surface area contributed by atoms with Gasteiger partial charge in [-0.05, 0) is 43.4 Å². The first-order valence-corrected chi connectivity index (χ1v) is 8.40. The first-order valence-electron chi connectivity index (χ1n) is 6.92. The van der Waals surface area contributed by atoms with Crippen LogP contribution in [0.3, 0.4) is 0 Å².